The van der Waals surface area contributed by atoms with Gasteiger partial charge in [-0.2, -0.15) is 5.10 Å². The van der Waals surface area contributed by atoms with Gasteiger partial charge in [-0.15, -0.1) is 0 Å². The highest BCUT2D eigenvalue weighted by molar-refractivity contribution is 5.03. The second-order valence-corrected chi connectivity index (χ2v) is 4.85. The van der Waals surface area contributed by atoms with Gasteiger partial charge in [-0.3, -0.25) is 4.68 Å². The van der Waals surface area contributed by atoms with E-state index in [0.29, 0.717) is 6.61 Å². The van der Waals surface area contributed by atoms with E-state index in [4.69, 9.17) is 4.74 Å². The summed E-state index contributed by atoms with van der Waals surface area (Å²) in [5.41, 5.74) is 1.15. The Bertz CT molecular complexity index is 301. The van der Waals surface area contributed by atoms with Crippen LogP contribution in [-0.2, 0) is 17.8 Å². The topological polar surface area (TPSA) is 39.1 Å². The van der Waals surface area contributed by atoms with Gasteiger partial charge >= 0.3 is 0 Å². The molecule has 0 amide bonds. The van der Waals surface area contributed by atoms with Crippen molar-refractivity contribution in [3.63, 3.8) is 0 Å². The summed E-state index contributed by atoms with van der Waals surface area (Å²) < 4.78 is 7.58. The molecule has 0 fully saturated rings. The molecule has 92 valence electrons. The molecule has 16 heavy (non-hydrogen) atoms. The Hall–Kier alpha value is -0.870. The summed E-state index contributed by atoms with van der Waals surface area (Å²) in [6.45, 7) is 11.7. The summed E-state index contributed by atoms with van der Waals surface area (Å²) in [5.74, 6) is 0. The van der Waals surface area contributed by atoms with Gasteiger partial charge in [-0.25, -0.2) is 0 Å². The summed E-state index contributed by atoms with van der Waals surface area (Å²) in [4.78, 5) is 0. The van der Waals surface area contributed by atoms with Crippen LogP contribution in [0, 0.1) is 0 Å². The highest BCUT2D eigenvalue weighted by atomic mass is 16.5. The Balaban J connectivity index is 2.29. The fourth-order valence-corrected chi connectivity index (χ4v) is 1.33. The first-order valence-corrected chi connectivity index (χ1v) is 5.87. The summed E-state index contributed by atoms with van der Waals surface area (Å²) in [5, 5.41) is 7.56. The summed E-state index contributed by atoms with van der Waals surface area (Å²) in [7, 11) is 0. The molecule has 1 rings (SSSR count). The molecular weight excluding hydrogens is 202 g/mol. The van der Waals surface area contributed by atoms with E-state index in [0.717, 1.165) is 19.6 Å². The molecule has 4 nitrogen and oxygen atoms in total. The Kier molecular flexibility index (Phi) is 4.96. The van der Waals surface area contributed by atoms with Crippen LogP contribution in [-0.4, -0.2) is 28.5 Å². The van der Waals surface area contributed by atoms with Crippen molar-refractivity contribution in [2.75, 3.05) is 13.2 Å². The van der Waals surface area contributed by atoms with E-state index < -0.39 is 0 Å². The van der Waals surface area contributed by atoms with Gasteiger partial charge in [0.2, 0.25) is 0 Å². The molecule has 0 saturated carbocycles. The smallest absolute Gasteiger partial charge is 0.0669 e. The lowest BCUT2D eigenvalue weighted by Gasteiger charge is -2.19. The van der Waals surface area contributed by atoms with Gasteiger partial charge in [0.25, 0.3) is 0 Å². The van der Waals surface area contributed by atoms with Crippen LogP contribution in [0.15, 0.2) is 12.4 Å². The molecule has 0 spiro atoms. The minimum atomic E-state index is -0.0697. The van der Waals surface area contributed by atoms with Crippen LogP contribution >= 0.6 is 0 Å². The molecule has 1 aromatic rings. The Morgan fingerprint density at radius 3 is 2.81 bits per heavy atom. The zero-order valence-electron chi connectivity index (χ0n) is 10.8. The van der Waals surface area contributed by atoms with Gasteiger partial charge < -0.3 is 10.1 Å². The predicted octanol–water partition coefficient (Wildman–Crippen LogP) is 1.81. The molecular formula is C12H23N3O. The first kappa shape index (κ1) is 13.2. The van der Waals surface area contributed by atoms with Crippen LogP contribution in [0.5, 0.6) is 0 Å². The van der Waals surface area contributed by atoms with Crippen LogP contribution in [0.4, 0.5) is 0 Å². The largest absolute Gasteiger partial charge is 0.374 e. The maximum atomic E-state index is 5.65. The van der Waals surface area contributed by atoms with Crippen LogP contribution in [0.3, 0.4) is 0 Å². The SMILES string of the molecule is CCNCc1cnn(CCOC(C)(C)C)c1. The summed E-state index contributed by atoms with van der Waals surface area (Å²) >= 11 is 0. The fourth-order valence-electron chi connectivity index (χ4n) is 1.33. The van der Waals surface area contributed by atoms with Crippen molar-refractivity contribution in [2.24, 2.45) is 0 Å². The zero-order chi connectivity index (χ0) is 12.0. The first-order valence-electron chi connectivity index (χ1n) is 5.87. The Morgan fingerprint density at radius 2 is 2.19 bits per heavy atom. The van der Waals surface area contributed by atoms with Crippen molar-refractivity contribution in [1.29, 1.82) is 0 Å². The van der Waals surface area contributed by atoms with Crippen LogP contribution in [0.25, 0.3) is 0 Å². The summed E-state index contributed by atoms with van der Waals surface area (Å²) in [6, 6.07) is 0. The Labute approximate surface area is 98.0 Å². The van der Waals surface area contributed by atoms with E-state index in [-0.39, 0.29) is 5.60 Å². The number of nitrogens with one attached hydrogen (secondary N) is 1. The molecule has 0 aromatic carbocycles. The van der Waals surface area contributed by atoms with E-state index >= 15 is 0 Å². The lowest BCUT2D eigenvalue weighted by Crippen LogP contribution is -2.22. The van der Waals surface area contributed by atoms with Gasteiger partial charge in [-0.05, 0) is 27.3 Å². The molecule has 0 bridgehead atoms. The first-order chi connectivity index (χ1) is 7.51. The second-order valence-electron chi connectivity index (χ2n) is 4.85. The third kappa shape index (κ3) is 5.28. The van der Waals surface area contributed by atoms with Gasteiger partial charge in [-0.1, -0.05) is 6.92 Å². The number of rotatable bonds is 6. The van der Waals surface area contributed by atoms with E-state index in [1.54, 1.807) is 0 Å². The molecule has 0 saturated heterocycles. The normalized spacial score (nSPS) is 12.0. The molecule has 0 aliphatic rings. The molecule has 0 aliphatic heterocycles. The van der Waals surface area contributed by atoms with Crippen molar-refractivity contribution in [3.05, 3.63) is 18.0 Å². The lowest BCUT2D eigenvalue weighted by molar-refractivity contribution is -0.00790. The average molecular weight is 225 g/mol. The van der Waals surface area contributed by atoms with Gasteiger partial charge in [0, 0.05) is 18.3 Å². The molecule has 0 radical (unpaired) electrons. The molecule has 1 N–H and O–H groups in total. The molecule has 1 heterocycles. The van der Waals surface area contributed by atoms with Crippen molar-refractivity contribution in [1.82, 2.24) is 15.1 Å². The van der Waals surface area contributed by atoms with E-state index in [9.17, 15) is 0 Å². The summed E-state index contributed by atoms with van der Waals surface area (Å²) in [6.07, 6.45) is 3.97. The molecule has 0 aliphatic carbocycles. The average Bonchev–Trinajstić information content (AvgIpc) is 2.61. The van der Waals surface area contributed by atoms with E-state index in [2.05, 4.69) is 44.3 Å². The fraction of sp³-hybridized carbons (Fsp3) is 0.750. The van der Waals surface area contributed by atoms with Crippen LogP contribution in [0.2, 0.25) is 0 Å². The van der Waals surface area contributed by atoms with Crippen LogP contribution in [0.1, 0.15) is 33.3 Å². The number of hydrogen-bond donors (Lipinski definition) is 1. The maximum Gasteiger partial charge on any atom is 0.0669 e. The van der Waals surface area contributed by atoms with Crippen molar-refractivity contribution in [2.45, 2.75) is 46.4 Å². The minimum Gasteiger partial charge on any atom is -0.374 e. The molecule has 0 atom stereocenters. The van der Waals surface area contributed by atoms with Crippen molar-refractivity contribution >= 4 is 0 Å². The molecule has 4 heteroatoms. The van der Waals surface area contributed by atoms with Gasteiger partial charge in [0.15, 0.2) is 0 Å². The molecule has 0 unspecified atom stereocenters. The van der Waals surface area contributed by atoms with E-state index in [1.807, 2.05) is 10.9 Å². The third-order valence-corrected chi connectivity index (χ3v) is 2.12. The third-order valence-electron chi connectivity index (χ3n) is 2.12. The lowest BCUT2D eigenvalue weighted by atomic mass is 10.2. The van der Waals surface area contributed by atoms with Crippen LogP contribution < -0.4 is 5.32 Å². The standard InChI is InChI=1S/C12H23N3O/c1-5-13-8-11-9-14-15(10-11)6-7-16-12(2,3)4/h9-10,13H,5-8H2,1-4H3. The number of hydrogen-bond acceptors (Lipinski definition) is 3. The second kappa shape index (κ2) is 6.01. The number of aromatic nitrogens is 2. The number of ether oxygens (including phenoxy) is 1. The molecule has 1 aromatic heterocycles. The number of nitrogens with zero attached hydrogens (tertiary/aromatic N) is 2. The monoisotopic (exact) mass is 225 g/mol. The van der Waals surface area contributed by atoms with Crippen molar-refractivity contribution < 1.29 is 4.74 Å². The van der Waals surface area contributed by atoms with Gasteiger partial charge in [0.1, 0.15) is 0 Å². The maximum absolute atomic E-state index is 5.65. The zero-order valence-corrected chi connectivity index (χ0v) is 10.8. The quantitative estimate of drug-likeness (QED) is 0.802. The minimum absolute atomic E-state index is 0.0697. The highest BCUT2D eigenvalue weighted by Crippen LogP contribution is 2.06. The van der Waals surface area contributed by atoms with Gasteiger partial charge in [0.05, 0.1) is 24.9 Å². The van der Waals surface area contributed by atoms with E-state index in [1.165, 1.54) is 5.56 Å². The van der Waals surface area contributed by atoms with Crippen molar-refractivity contribution in [3.8, 4) is 0 Å². The Morgan fingerprint density at radius 1 is 1.44 bits per heavy atom. The highest BCUT2D eigenvalue weighted by Gasteiger charge is 2.09. The predicted molar refractivity (Wildman–Crippen MR) is 65.3 cm³/mol.